The fourth-order valence-electron chi connectivity index (χ4n) is 2.63. The summed E-state index contributed by atoms with van der Waals surface area (Å²) in [5, 5.41) is 11.7. The number of amides is 2. The molecule has 0 saturated carbocycles. The molecule has 1 saturated heterocycles. The Balaban J connectivity index is 1.47. The number of nitrogens with one attached hydrogen (secondary N) is 1. The Morgan fingerprint density at radius 2 is 2.38 bits per heavy atom. The lowest BCUT2D eigenvalue weighted by molar-refractivity contribution is 0.115. The summed E-state index contributed by atoms with van der Waals surface area (Å²) in [5.41, 5.74) is 1.12. The maximum absolute atomic E-state index is 12.3. The third-order valence-corrected chi connectivity index (χ3v) is 5.07. The molecule has 8 heteroatoms. The zero-order valence-corrected chi connectivity index (χ0v) is 14.6. The molecule has 2 heterocycles. The predicted octanol–water partition coefficient (Wildman–Crippen LogP) is 2.07. The third-order valence-electron chi connectivity index (χ3n) is 4.04. The van der Waals surface area contributed by atoms with Gasteiger partial charge in [0, 0.05) is 25.9 Å². The van der Waals surface area contributed by atoms with Crippen molar-refractivity contribution in [1.82, 2.24) is 25.0 Å². The maximum atomic E-state index is 12.3. The Labute approximate surface area is 145 Å². The van der Waals surface area contributed by atoms with E-state index in [0.717, 1.165) is 35.2 Å². The van der Waals surface area contributed by atoms with Crippen LogP contribution in [0.3, 0.4) is 0 Å². The number of methoxy groups -OCH3 is 1. The predicted molar refractivity (Wildman–Crippen MR) is 92.2 cm³/mol. The van der Waals surface area contributed by atoms with Gasteiger partial charge in [0.15, 0.2) is 5.16 Å². The molecule has 1 N–H and O–H groups in total. The molecule has 0 aliphatic carbocycles. The maximum Gasteiger partial charge on any atom is 0.317 e. The molecule has 1 aliphatic heterocycles. The molecule has 0 radical (unpaired) electrons. The van der Waals surface area contributed by atoms with Gasteiger partial charge in [-0.05, 0) is 24.1 Å². The average molecular weight is 347 g/mol. The summed E-state index contributed by atoms with van der Waals surface area (Å²) in [7, 11) is 3.55. The number of likely N-dealkylation sites (tertiary alicyclic amines) is 1. The molecule has 24 heavy (non-hydrogen) atoms. The largest absolute Gasteiger partial charge is 0.497 e. The van der Waals surface area contributed by atoms with Gasteiger partial charge in [-0.3, -0.25) is 0 Å². The standard InChI is InChI=1S/C16H21N5O2S/c1-20-11-18-19-16(20)24-9-7-17-15(22)21-8-6-14(21)12-4-3-5-13(10-12)23-2/h3-5,10-11,14H,6-9H2,1-2H3,(H,17,22)/t14-/m0/s1. The van der Waals surface area contributed by atoms with Gasteiger partial charge in [-0.2, -0.15) is 0 Å². The van der Waals surface area contributed by atoms with Gasteiger partial charge in [0.1, 0.15) is 12.1 Å². The molecule has 1 fully saturated rings. The van der Waals surface area contributed by atoms with Crippen LogP contribution in [0.1, 0.15) is 18.0 Å². The van der Waals surface area contributed by atoms with Gasteiger partial charge in [-0.15, -0.1) is 10.2 Å². The number of urea groups is 1. The molecular weight excluding hydrogens is 326 g/mol. The first kappa shape index (κ1) is 16.6. The molecule has 0 bridgehead atoms. The summed E-state index contributed by atoms with van der Waals surface area (Å²) in [6, 6.07) is 8.01. The number of ether oxygens (including phenoxy) is 1. The number of hydrogen-bond donors (Lipinski definition) is 1. The van der Waals surface area contributed by atoms with Crippen LogP contribution in [-0.4, -0.2) is 51.6 Å². The quantitative estimate of drug-likeness (QED) is 0.640. The van der Waals surface area contributed by atoms with Gasteiger partial charge in [0.2, 0.25) is 0 Å². The summed E-state index contributed by atoms with van der Waals surface area (Å²) in [5.74, 6) is 1.58. The number of carbonyl (C=O) groups is 1. The minimum atomic E-state index is -0.0207. The minimum Gasteiger partial charge on any atom is -0.497 e. The second-order valence-corrected chi connectivity index (χ2v) is 6.64. The van der Waals surface area contributed by atoms with Gasteiger partial charge in [-0.25, -0.2) is 4.79 Å². The van der Waals surface area contributed by atoms with E-state index in [0.29, 0.717) is 6.54 Å². The molecule has 0 spiro atoms. The average Bonchev–Trinajstić information content (AvgIpc) is 2.96. The lowest BCUT2D eigenvalue weighted by Gasteiger charge is -2.41. The van der Waals surface area contributed by atoms with Crippen molar-refractivity contribution < 1.29 is 9.53 Å². The second kappa shape index (κ2) is 7.57. The zero-order valence-electron chi connectivity index (χ0n) is 13.8. The molecule has 3 rings (SSSR count). The lowest BCUT2D eigenvalue weighted by Crippen LogP contribution is -2.50. The summed E-state index contributed by atoms with van der Waals surface area (Å²) >= 11 is 1.57. The van der Waals surface area contributed by atoms with Crippen molar-refractivity contribution in [3.63, 3.8) is 0 Å². The Kier molecular flexibility index (Phi) is 5.24. The van der Waals surface area contributed by atoms with Gasteiger partial charge >= 0.3 is 6.03 Å². The number of aryl methyl sites for hydroxylation is 1. The zero-order chi connectivity index (χ0) is 16.9. The number of benzene rings is 1. The van der Waals surface area contributed by atoms with E-state index in [2.05, 4.69) is 15.5 Å². The fraction of sp³-hybridized carbons (Fsp3) is 0.438. The topological polar surface area (TPSA) is 72.3 Å². The number of rotatable bonds is 6. The number of aromatic nitrogens is 3. The summed E-state index contributed by atoms with van der Waals surface area (Å²) in [4.78, 5) is 14.2. The molecular formula is C16H21N5O2S. The third kappa shape index (κ3) is 3.64. The van der Waals surface area contributed by atoms with Gasteiger partial charge in [0.05, 0.1) is 13.2 Å². The molecule has 0 unspecified atom stereocenters. The number of nitrogens with zero attached hydrogens (tertiary/aromatic N) is 4. The summed E-state index contributed by atoms with van der Waals surface area (Å²) in [6.45, 7) is 1.38. The van der Waals surface area contributed by atoms with Crippen LogP contribution in [0.4, 0.5) is 4.79 Å². The van der Waals surface area contributed by atoms with Crippen molar-refractivity contribution in [3.8, 4) is 5.75 Å². The highest BCUT2D eigenvalue weighted by molar-refractivity contribution is 7.99. The van der Waals surface area contributed by atoms with Gasteiger partial charge < -0.3 is 19.5 Å². The molecule has 1 aliphatic rings. The van der Waals surface area contributed by atoms with Crippen LogP contribution >= 0.6 is 11.8 Å². The first-order valence-corrected chi connectivity index (χ1v) is 8.83. The Morgan fingerprint density at radius 1 is 1.50 bits per heavy atom. The van der Waals surface area contributed by atoms with Crippen molar-refractivity contribution in [3.05, 3.63) is 36.2 Å². The summed E-state index contributed by atoms with van der Waals surface area (Å²) < 4.78 is 7.12. The first-order chi connectivity index (χ1) is 11.7. The molecule has 2 aromatic rings. The highest BCUT2D eigenvalue weighted by Gasteiger charge is 2.33. The van der Waals surface area contributed by atoms with Crippen molar-refractivity contribution in [2.45, 2.75) is 17.6 Å². The second-order valence-electron chi connectivity index (χ2n) is 5.58. The van der Waals surface area contributed by atoms with E-state index in [4.69, 9.17) is 4.74 Å². The van der Waals surface area contributed by atoms with Crippen LogP contribution in [-0.2, 0) is 7.05 Å². The summed E-state index contributed by atoms with van der Waals surface area (Å²) in [6.07, 6.45) is 2.65. The Hall–Kier alpha value is -2.22. The number of hydrogen-bond acceptors (Lipinski definition) is 5. The molecule has 1 aromatic carbocycles. The molecule has 1 aromatic heterocycles. The monoisotopic (exact) mass is 347 g/mol. The van der Waals surface area contributed by atoms with Crippen LogP contribution in [0, 0.1) is 0 Å². The van der Waals surface area contributed by atoms with Crippen LogP contribution < -0.4 is 10.1 Å². The number of carbonyl (C=O) groups excluding carboxylic acids is 1. The molecule has 128 valence electrons. The highest BCUT2D eigenvalue weighted by atomic mass is 32.2. The van der Waals surface area contributed by atoms with E-state index in [1.54, 1.807) is 25.2 Å². The van der Waals surface area contributed by atoms with E-state index in [-0.39, 0.29) is 12.1 Å². The van der Waals surface area contributed by atoms with Crippen molar-refractivity contribution in [2.24, 2.45) is 7.05 Å². The van der Waals surface area contributed by atoms with E-state index < -0.39 is 0 Å². The molecule has 2 amide bonds. The lowest BCUT2D eigenvalue weighted by atomic mass is 9.95. The normalized spacial score (nSPS) is 16.6. The fourth-order valence-corrected chi connectivity index (χ4v) is 3.37. The highest BCUT2D eigenvalue weighted by Crippen LogP contribution is 2.34. The Bertz CT molecular complexity index is 705. The smallest absolute Gasteiger partial charge is 0.317 e. The SMILES string of the molecule is COc1cccc([C@@H]2CCN2C(=O)NCCSc2nncn2C)c1. The molecule has 1 atom stereocenters. The Morgan fingerprint density at radius 3 is 3.04 bits per heavy atom. The van der Waals surface area contributed by atoms with Crippen LogP contribution in [0.2, 0.25) is 0 Å². The van der Waals surface area contributed by atoms with E-state index >= 15 is 0 Å². The van der Waals surface area contributed by atoms with Crippen LogP contribution in [0.5, 0.6) is 5.75 Å². The van der Waals surface area contributed by atoms with E-state index in [1.807, 2.05) is 40.8 Å². The van der Waals surface area contributed by atoms with Gasteiger partial charge in [-0.1, -0.05) is 23.9 Å². The first-order valence-electron chi connectivity index (χ1n) is 7.84. The van der Waals surface area contributed by atoms with Crippen molar-refractivity contribution in [2.75, 3.05) is 26.0 Å². The van der Waals surface area contributed by atoms with E-state index in [9.17, 15) is 4.79 Å². The minimum absolute atomic E-state index is 0.0207. The number of thioether (sulfide) groups is 1. The van der Waals surface area contributed by atoms with Crippen LogP contribution in [0.25, 0.3) is 0 Å². The van der Waals surface area contributed by atoms with Crippen molar-refractivity contribution >= 4 is 17.8 Å². The van der Waals surface area contributed by atoms with Crippen molar-refractivity contribution in [1.29, 1.82) is 0 Å². The molecule has 7 nitrogen and oxygen atoms in total. The van der Waals surface area contributed by atoms with E-state index in [1.165, 1.54) is 0 Å². The van der Waals surface area contributed by atoms with Gasteiger partial charge in [0.25, 0.3) is 0 Å². The van der Waals surface area contributed by atoms with Crippen LogP contribution in [0.15, 0.2) is 35.7 Å².